The smallest absolute Gasteiger partial charge is 0.339 e. The van der Waals surface area contributed by atoms with Crippen LogP contribution in [-0.4, -0.2) is 34.6 Å². The highest BCUT2D eigenvalue weighted by Gasteiger charge is 2.23. The van der Waals surface area contributed by atoms with Crippen molar-refractivity contribution < 1.29 is 31.7 Å². The van der Waals surface area contributed by atoms with Crippen LogP contribution in [0.5, 0.6) is 5.75 Å². The molecule has 0 amide bonds. The lowest BCUT2D eigenvalue weighted by Crippen LogP contribution is -2.14. The number of carbonyl (C=O) groups is 2. The molecule has 2 rings (SSSR count). The fourth-order valence-corrected chi connectivity index (χ4v) is 3.40. The van der Waals surface area contributed by atoms with Crippen LogP contribution in [-0.2, 0) is 25.0 Å². The summed E-state index contributed by atoms with van der Waals surface area (Å²) in [6.07, 6.45) is 0. The Kier molecular flexibility index (Phi) is 6.14. The number of carbonyl (C=O) groups excluding carboxylic acids is 2. The summed E-state index contributed by atoms with van der Waals surface area (Å²) in [4.78, 5) is 23.3. The van der Waals surface area contributed by atoms with Crippen molar-refractivity contribution in [3.05, 3.63) is 59.2 Å². The molecule has 0 unspecified atom stereocenters. The zero-order chi connectivity index (χ0) is 21.1. The van der Waals surface area contributed by atoms with Gasteiger partial charge in [0.05, 0.1) is 25.3 Å². The summed E-state index contributed by atoms with van der Waals surface area (Å²) >= 11 is 0. The summed E-state index contributed by atoms with van der Waals surface area (Å²) in [5.41, 5.74) is 0.686. The fourth-order valence-electron chi connectivity index (χ4n) is 2.40. The van der Waals surface area contributed by atoms with E-state index in [4.69, 9.17) is 4.18 Å². The number of benzene rings is 2. The minimum Gasteiger partial charge on any atom is -0.465 e. The molecule has 0 heterocycles. The van der Waals surface area contributed by atoms with E-state index < -0.39 is 22.1 Å². The molecule has 2 aromatic carbocycles. The second kappa shape index (κ2) is 8.02. The van der Waals surface area contributed by atoms with Crippen molar-refractivity contribution >= 4 is 22.1 Å². The first kappa shape index (κ1) is 21.4. The molecule has 7 nitrogen and oxygen atoms in total. The van der Waals surface area contributed by atoms with Gasteiger partial charge in [0.25, 0.3) is 0 Å². The zero-order valence-electron chi connectivity index (χ0n) is 16.3. The molecule has 0 N–H and O–H groups in total. The van der Waals surface area contributed by atoms with Crippen LogP contribution >= 0.6 is 0 Å². The molecule has 150 valence electrons. The maximum Gasteiger partial charge on any atom is 0.339 e. The Morgan fingerprint density at radius 3 is 1.68 bits per heavy atom. The molecule has 0 saturated heterocycles. The van der Waals surface area contributed by atoms with Gasteiger partial charge in [-0.3, -0.25) is 0 Å². The van der Waals surface area contributed by atoms with Gasteiger partial charge in [-0.1, -0.05) is 32.9 Å². The summed E-state index contributed by atoms with van der Waals surface area (Å²) < 4.78 is 39.7. The molecule has 0 aromatic heterocycles. The zero-order valence-corrected chi connectivity index (χ0v) is 17.1. The Balaban J connectivity index is 2.44. The van der Waals surface area contributed by atoms with Crippen LogP contribution in [0.25, 0.3) is 0 Å². The van der Waals surface area contributed by atoms with Gasteiger partial charge < -0.3 is 13.7 Å². The lowest BCUT2D eigenvalue weighted by atomic mass is 9.87. The molecule has 0 spiro atoms. The predicted molar refractivity (Wildman–Crippen MR) is 102 cm³/mol. The van der Waals surface area contributed by atoms with Gasteiger partial charge in [-0.05, 0) is 41.3 Å². The monoisotopic (exact) mass is 406 g/mol. The first-order chi connectivity index (χ1) is 13.0. The van der Waals surface area contributed by atoms with E-state index >= 15 is 0 Å². The van der Waals surface area contributed by atoms with Gasteiger partial charge in [0.2, 0.25) is 0 Å². The van der Waals surface area contributed by atoms with Crippen LogP contribution in [0.3, 0.4) is 0 Å². The number of ether oxygens (including phenoxy) is 2. The van der Waals surface area contributed by atoms with E-state index in [2.05, 4.69) is 9.47 Å². The van der Waals surface area contributed by atoms with Gasteiger partial charge >= 0.3 is 22.1 Å². The molecule has 0 aliphatic rings. The number of hydrogen-bond donors (Lipinski definition) is 0. The van der Waals surface area contributed by atoms with E-state index in [9.17, 15) is 18.0 Å². The number of methoxy groups -OCH3 is 2. The van der Waals surface area contributed by atoms with Crippen molar-refractivity contribution in [3.63, 3.8) is 0 Å². The van der Waals surface area contributed by atoms with Crippen molar-refractivity contribution in [2.45, 2.75) is 31.1 Å². The van der Waals surface area contributed by atoms with Crippen molar-refractivity contribution in [3.8, 4) is 5.75 Å². The largest absolute Gasteiger partial charge is 0.465 e. The van der Waals surface area contributed by atoms with Gasteiger partial charge in [-0.25, -0.2) is 9.59 Å². The van der Waals surface area contributed by atoms with Gasteiger partial charge in [0.15, 0.2) is 0 Å². The van der Waals surface area contributed by atoms with Gasteiger partial charge in [0, 0.05) is 0 Å². The van der Waals surface area contributed by atoms with Crippen molar-refractivity contribution in [2.75, 3.05) is 14.2 Å². The molecule has 8 heteroatoms. The van der Waals surface area contributed by atoms with E-state index in [-0.39, 0.29) is 27.2 Å². The molecular formula is C20H22O7S. The third kappa shape index (κ3) is 4.89. The van der Waals surface area contributed by atoms with E-state index in [0.717, 1.165) is 31.9 Å². The molecule has 0 fully saturated rings. The van der Waals surface area contributed by atoms with Crippen LogP contribution in [0.4, 0.5) is 0 Å². The molecular weight excluding hydrogens is 384 g/mol. The second-order valence-electron chi connectivity index (χ2n) is 7.04. The van der Waals surface area contributed by atoms with Crippen LogP contribution in [0.2, 0.25) is 0 Å². The number of esters is 2. The first-order valence-corrected chi connectivity index (χ1v) is 9.75. The standard InChI is InChI=1S/C20H22O7S/c1-20(2,3)15-6-8-16(9-7-15)27-28(23,24)17-11-13(18(21)25-4)10-14(12-17)19(22)26-5/h6-12H,1-5H3. The Bertz CT molecular complexity index is 950. The highest BCUT2D eigenvalue weighted by molar-refractivity contribution is 7.87. The molecule has 28 heavy (non-hydrogen) atoms. The second-order valence-corrected chi connectivity index (χ2v) is 8.59. The van der Waals surface area contributed by atoms with E-state index in [1.165, 1.54) is 6.07 Å². The highest BCUT2D eigenvalue weighted by Crippen LogP contribution is 2.26. The minimum atomic E-state index is -4.31. The summed E-state index contributed by atoms with van der Waals surface area (Å²) in [5.74, 6) is -1.48. The van der Waals surface area contributed by atoms with Crippen LogP contribution < -0.4 is 4.18 Å². The SMILES string of the molecule is COC(=O)c1cc(C(=O)OC)cc(S(=O)(=O)Oc2ccc(C(C)(C)C)cc2)c1. The minimum absolute atomic E-state index is 0.0956. The van der Waals surface area contributed by atoms with E-state index in [0.29, 0.717) is 0 Å². The average Bonchev–Trinajstić information content (AvgIpc) is 2.65. The Morgan fingerprint density at radius 2 is 1.29 bits per heavy atom. The predicted octanol–water partition coefficient (Wildman–Crippen LogP) is 3.33. The lowest BCUT2D eigenvalue weighted by molar-refractivity contribution is 0.0598. The van der Waals surface area contributed by atoms with Gasteiger partial charge in [0.1, 0.15) is 10.6 Å². The fraction of sp³-hybridized carbons (Fsp3) is 0.300. The summed E-state index contributed by atoms with van der Waals surface area (Å²) in [7, 11) is -2.01. The first-order valence-electron chi connectivity index (χ1n) is 8.34. The molecule has 0 atom stereocenters. The molecule has 0 radical (unpaired) electrons. The molecule has 0 aliphatic heterocycles. The summed E-state index contributed by atoms with van der Waals surface area (Å²) in [6, 6.07) is 9.99. The topological polar surface area (TPSA) is 96.0 Å². The quantitative estimate of drug-likeness (QED) is 0.555. The van der Waals surface area contributed by atoms with Gasteiger partial charge in [-0.2, -0.15) is 8.42 Å². The molecule has 0 aliphatic carbocycles. The number of rotatable bonds is 5. The van der Waals surface area contributed by atoms with Crippen molar-refractivity contribution in [2.24, 2.45) is 0 Å². The maximum absolute atomic E-state index is 12.7. The third-order valence-electron chi connectivity index (χ3n) is 3.96. The average molecular weight is 406 g/mol. The molecule has 0 bridgehead atoms. The van der Waals surface area contributed by atoms with Gasteiger partial charge in [-0.15, -0.1) is 0 Å². The van der Waals surface area contributed by atoms with Crippen LogP contribution in [0.15, 0.2) is 47.4 Å². The molecule has 2 aromatic rings. The Labute approximate surface area is 164 Å². The van der Waals surface area contributed by atoms with E-state index in [1.54, 1.807) is 24.3 Å². The maximum atomic E-state index is 12.7. The Morgan fingerprint density at radius 1 is 0.821 bits per heavy atom. The lowest BCUT2D eigenvalue weighted by Gasteiger charge is -2.19. The number of hydrogen-bond acceptors (Lipinski definition) is 7. The molecule has 0 saturated carbocycles. The summed E-state index contributed by atoms with van der Waals surface area (Å²) in [5, 5.41) is 0. The summed E-state index contributed by atoms with van der Waals surface area (Å²) in [6.45, 7) is 6.10. The van der Waals surface area contributed by atoms with Crippen molar-refractivity contribution in [1.29, 1.82) is 0 Å². The van der Waals surface area contributed by atoms with Crippen molar-refractivity contribution in [1.82, 2.24) is 0 Å². The van der Waals surface area contributed by atoms with Crippen LogP contribution in [0.1, 0.15) is 47.1 Å². The highest BCUT2D eigenvalue weighted by atomic mass is 32.2. The third-order valence-corrected chi connectivity index (χ3v) is 5.19. The Hall–Kier alpha value is -2.87. The van der Waals surface area contributed by atoms with Crippen LogP contribution in [0, 0.1) is 0 Å². The van der Waals surface area contributed by atoms with E-state index in [1.807, 2.05) is 20.8 Å². The normalized spacial score (nSPS) is 11.6.